The third-order valence-electron chi connectivity index (χ3n) is 6.83. The van der Waals surface area contributed by atoms with Gasteiger partial charge in [0.1, 0.15) is 12.6 Å². The predicted octanol–water partition coefficient (Wildman–Crippen LogP) is 5.17. The zero-order chi connectivity index (χ0) is 28.4. The van der Waals surface area contributed by atoms with Crippen LogP contribution in [-0.4, -0.2) is 43.8 Å². The lowest BCUT2D eigenvalue weighted by molar-refractivity contribution is -0.140. The van der Waals surface area contributed by atoms with Crippen LogP contribution in [0.3, 0.4) is 0 Å². The standard InChI is InChI=1S/C31H39N3O4S/c1-5-24(4)32-31(36)28(7-3)33(22-25-16-10-8-11-17-25)30(35)23-34(29-21-15-14-18-26(29)6-2)39(37,38)27-19-12-9-13-20-27/h8-21,24,28H,5-7,22-23H2,1-4H3,(H,32,36)/t24-,28-/m1/s1. The van der Waals surface area contributed by atoms with Gasteiger partial charge in [-0.3, -0.25) is 13.9 Å². The summed E-state index contributed by atoms with van der Waals surface area (Å²) in [5, 5.41) is 3.00. The van der Waals surface area contributed by atoms with E-state index in [0.717, 1.165) is 17.5 Å². The van der Waals surface area contributed by atoms with E-state index < -0.39 is 28.5 Å². The highest BCUT2D eigenvalue weighted by Crippen LogP contribution is 2.28. The summed E-state index contributed by atoms with van der Waals surface area (Å²) in [5.74, 6) is -0.696. The molecule has 0 aromatic heterocycles. The molecule has 8 heteroatoms. The Morgan fingerprint density at radius 2 is 1.41 bits per heavy atom. The van der Waals surface area contributed by atoms with Crippen LogP contribution < -0.4 is 9.62 Å². The SMILES string of the molecule is CCc1ccccc1N(CC(=O)N(Cc1ccccc1)[C@H](CC)C(=O)N[C@H](C)CC)S(=O)(=O)c1ccccc1. The monoisotopic (exact) mass is 549 g/mol. The zero-order valence-electron chi connectivity index (χ0n) is 23.2. The normalized spacial score (nSPS) is 12.8. The predicted molar refractivity (Wildman–Crippen MR) is 156 cm³/mol. The lowest BCUT2D eigenvalue weighted by Gasteiger charge is -2.34. The Labute approximate surface area is 232 Å². The third kappa shape index (κ3) is 7.47. The Hall–Kier alpha value is -3.65. The molecule has 0 saturated carbocycles. The molecular formula is C31H39N3O4S. The quantitative estimate of drug-likeness (QED) is 0.319. The van der Waals surface area contributed by atoms with Crippen LogP contribution in [0, 0.1) is 0 Å². The van der Waals surface area contributed by atoms with Crippen LogP contribution in [0.25, 0.3) is 0 Å². The van der Waals surface area contributed by atoms with Crippen molar-refractivity contribution in [3.8, 4) is 0 Å². The van der Waals surface area contributed by atoms with Gasteiger partial charge in [-0.15, -0.1) is 0 Å². The lowest BCUT2D eigenvalue weighted by atomic mass is 10.1. The van der Waals surface area contributed by atoms with Crippen molar-refractivity contribution >= 4 is 27.5 Å². The number of anilines is 1. The number of sulfonamides is 1. The minimum atomic E-state index is -4.08. The summed E-state index contributed by atoms with van der Waals surface area (Å²) in [5.41, 5.74) is 2.11. The molecule has 0 unspecified atom stereocenters. The minimum Gasteiger partial charge on any atom is -0.352 e. The molecule has 3 aromatic carbocycles. The summed E-state index contributed by atoms with van der Waals surface area (Å²) in [6, 6.07) is 23.9. The second kappa shape index (κ2) is 13.9. The van der Waals surface area contributed by atoms with Gasteiger partial charge < -0.3 is 10.2 Å². The van der Waals surface area contributed by atoms with E-state index in [9.17, 15) is 18.0 Å². The second-order valence-corrected chi connectivity index (χ2v) is 11.4. The van der Waals surface area contributed by atoms with Gasteiger partial charge in [0.25, 0.3) is 10.0 Å². The van der Waals surface area contributed by atoms with Crippen molar-refractivity contribution in [1.29, 1.82) is 0 Å². The van der Waals surface area contributed by atoms with Gasteiger partial charge in [-0.05, 0) is 55.5 Å². The van der Waals surface area contributed by atoms with Gasteiger partial charge in [0, 0.05) is 12.6 Å². The van der Waals surface area contributed by atoms with E-state index in [-0.39, 0.29) is 23.4 Å². The average Bonchev–Trinajstić information content (AvgIpc) is 2.96. The molecule has 0 aliphatic carbocycles. The first-order valence-corrected chi connectivity index (χ1v) is 15.0. The van der Waals surface area contributed by atoms with E-state index in [2.05, 4.69) is 5.32 Å². The Morgan fingerprint density at radius 1 is 0.821 bits per heavy atom. The molecule has 2 atom stereocenters. The summed E-state index contributed by atoms with van der Waals surface area (Å²) in [7, 11) is -4.08. The summed E-state index contributed by atoms with van der Waals surface area (Å²) < 4.78 is 29.1. The second-order valence-electron chi connectivity index (χ2n) is 9.56. The van der Waals surface area contributed by atoms with Crippen LogP contribution in [0.2, 0.25) is 0 Å². The highest BCUT2D eigenvalue weighted by molar-refractivity contribution is 7.92. The number of nitrogens with zero attached hydrogens (tertiary/aromatic N) is 2. The summed E-state index contributed by atoms with van der Waals surface area (Å²) >= 11 is 0. The number of hydrogen-bond donors (Lipinski definition) is 1. The topological polar surface area (TPSA) is 86.8 Å². The van der Waals surface area contributed by atoms with Gasteiger partial charge >= 0.3 is 0 Å². The van der Waals surface area contributed by atoms with E-state index >= 15 is 0 Å². The van der Waals surface area contributed by atoms with Crippen LogP contribution in [0.4, 0.5) is 5.69 Å². The van der Waals surface area contributed by atoms with Crippen molar-refractivity contribution in [2.75, 3.05) is 10.8 Å². The third-order valence-corrected chi connectivity index (χ3v) is 8.61. The van der Waals surface area contributed by atoms with Crippen molar-refractivity contribution in [3.63, 3.8) is 0 Å². The fourth-order valence-electron chi connectivity index (χ4n) is 4.43. The number of para-hydroxylation sites is 1. The zero-order valence-corrected chi connectivity index (χ0v) is 24.0. The average molecular weight is 550 g/mol. The number of rotatable bonds is 13. The molecule has 0 spiro atoms. The lowest BCUT2D eigenvalue weighted by Crippen LogP contribution is -2.53. The number of benzene rings is 3. The molecule has 208 valence electrons. The Kier molecular flexibility index (Phi) is 10.7. The van der Waals surface area contributed by atoms with Gasteiger partial charge in [0.05, 0.1) is 10.6 Å². The van der Waals surface area contributed by atoms with Crippen molar-refractivity contribution in [2.24, 2.45) is 0 Å². The number of carbonyl (C=O) groups excluding carboxylic acids is 2. The molecular weight excluding hydrogens is 510 g/mol. The number of amides is 2. The highest BCUT2D eigenvalue weighted by atomic mass is 32.2. The van der Waals surface area contributed by atoms with Crippen LogP contribution in [0.5, 0.6) is 0 Å². The number of carbonyl (C=O) groups is 2. The maximum absolute atomic E-state index is 14.1. The molecule has 3 aromatic rings. The number of nitrogens with one attached hydrogen (secondary N) is 1. The largest absolute Gasteiger partial charge is 0.352 e. The van der Waals surface area contributed by atoms with Gasteiger partial charge in [-0.2, -0.15) is 0 Å². The Morgan fingerprint density at radius 3 is 2.00 bits per heavy atom. The van der Waals surface area contributed by atoms with Crippen LogP contribution in [0.15, 0.2) is 89.8 Å². The maximum Gasteiger partial charge on any atom is 0.264 e. The Balaban J connectivity index is 2.07. The number of aryl methyl sites for hydroxylation is 1. The molecule has 0 fully saturated rings. The fourth-order valence-corrected chi connectivity index (χ4v) is 5.90. The molecule has 0 radical (unpaired) electrons. The van der Waals surface area contributed by atoms with E-state index in [1.807, 2.05) is 70.2 Å². The van der Waals surface area contributed by atoms with Gasteiger partial charge in [0.2, 0.25) is 11.8 Å². The van der Waals surface area contributed by atoms with Crippen LogP contribution in [0.1, 0.15) is 51.7 Å². The van der Waals surface area contributed by atoms with Gasteiger partial charge in [-0.25, -0.2) is 8.42 Å². The van der Waals surface area contributed by atoms with Crippen LogP contribution >= 0.6 is 0 Å². The molecule has 7 nitrogen and oxygen atoms in total. The van der Waals surface area contributed by atoms with E-state index in [1.54, 1.807) is 30.3 Å². The highest BCUT2D eigenvalue weighted by Gasteiger charge is 2.34. The summed E-state index contributed by atoms with van der Waals surface area (Å²) in [6.45, 7) is 7.45. The van der Waals surface area contributed by atoms with E-state index in [1.165, 1.54) is 21.3 Å². The molecule has 2 amide bonds. The molecule has 0 saturated heterocycles. The first-order chi connectivity index (χ1) is 18.7. The molecule has 0 bridgehead atoms. The van der Waals surface area contributed by atoms with Crippen molar-refractivity contribution in [2.45, 2.75) is 70.5 Å². The smallest absolute Gasteiger partial charge is 0.264 e. The maximum atomic E-state index is 14.1. The molecule has 0 aliphatic rings. The van der Waals surface area contributed by atoms with Gasteiger partial charge in [-0.1, -0.05) is 87.5 Å². The number of hydrogen-bond acceptors (Lipinski definition) is 4. The van der Waals surface area contributed by atoms with E-state index in [0.29, 0.717) is 18.5 Å². The molecule has 3 rings (SSSR count). The van der Waals surface area contributed by atoms with Crippen molar-refractivity contribution in [1.82, 2.24) is 10.2 Å². The van der Waals surface area contributed by atoms with E-state index in [4.69, 9.17) is 0 Å². The molecule has 39 heavy (non-hydrogen) atoms. The molecule has 0 aliphatic heterocycles. The van der Waals surface area contributed by atoms with Crippen molar-refractivity contribution in [3.05, 3.63) is 96.1 Å². The first kappa shape index (κ1) is 29.9. The first-order valence-electron chi connectivity index (χ1n) is 13.5. The van der Waals surface area contributed by atoms with Gasteiger partial charge in [0.15, 0.2) is 0 Å². The fraction of sp³-hybridized carbons (Fsp3) is 0.355. The molecule has 0 heterocycles. The minimum absolute atomic E-state index is 0.0494. The Bertz CT molecular complexity index is 1330. The summed E-state index contributed by atoms with van der Waals surface area (Å²) in [4.78, 5) is 29.0. The summed E-state index contributed by atoms with van der Waals surface area (Å²) in [6.07, 6.45) is 1.73. The molecule has 1 N–H and O–H groups in total. The van der Waals surface area contributed by atoms with Crippen LogP contribution in [-0.2, 0) is 32.6 Å². The van der Waals surface area contributed by atoms with Crippen molar-refractivity contribution < 1.29 is 18.0 Å².